The van der Waals surface area contributed by atoms with Gasteiger partial charge >= 0.3 is 5.97 Å². The number of allylic oxidation sites excluding steroid dienone is 2. The van der Waals surface area contributed by atoms with Crippen molar-refractivity contribution in [2.75, 3.05) is 24.6 Å². The molecule has 0 spiro atoms. The van der Waals surface area contributed by atoms with Crippen LogP contribution in [0.5, 0.6) is 5.75 Å². The highest BCUT2D eigenvalue weighted by molar-refractivity contribution is 5.78. The fourth-order valence-electron chi connectivity index (χ4n) is 2.82. The quantitative estimate of drug-likeness (QED) is 0.801. The average molecular weight is 299 g/mol. The molecule has 4 heteroatoms. The molecule has 2 aliphatic rings. The van der Waals surface area contributed by atoms with Crippen LogP contribution in [-0.4, -0.2) is 31.8 Å². The number of benzene rings is 1. The minimum atomic E-state index is -0.567. The van der Waals surface area contributed by atoms with Crippen molar-refractivity contribution in [2.45, 2.75) is 25.9 Å². The third-order valence-corrected chi connectivity index (χ3v) is 3.86. The van der Waals surface area contributed by atoms with Crippen molar-refractivity contribution in [3.63, 3.8) is 0 Å². The number of para-hydroxylation sites is 2. The lowest BCUT2D eigenvalue weighted by Gasteiger charge is -2.35. The van der Waals surface area contributed by atoms with Crippen LogP contribution in [0.4, 0.5) is 5.69 Å². The van der Waals surface area contributed by atoms with Crippen LogP contribution in [0.25, 0.3) is 0 Å². The summed E-state index contributed by atoms with van der Waals surface area (Å²) in [7, 11) is 0. The van der Waals surface area contributed by atoms with E-state index in [0.29, 0.717) is 13.2 Å². The Kier molecular flexibility index (Phi) is 4.47. The Morgan fingerprint density at radius 1 is 1.36 bits per heavy atom. The summed E-state index contributed by atoms with van der Waals surface area (Å²) in [6.07, 6.45) is 8.25. The van der Waals surface area contributed by atoms with Gasteiger partial charge in [-0.1, -0.05) is 30.4 Å². The number of carbonyl (C=O) groups excluding carboxylic acids is 1. The first-order chi connectivity index (χ1) is 10.8. The molecular weight excluding hydrogens is 278 g/mol. The normalized spacial score (nSPS) is 20.0. The molecule has 1 heterocycles. The van der Waals surface area contributed by atoms with Gasteiger partial charge in [-0.15, -0.1) is 0 Å². The molecule has 1 aliphatic carbocycles. The summed E-state index contributed by atoms with van der Waals surface area (Å²) < 4.78 is 10.9. The molecule has 0 N–H and O–H groups in total. The number of ether oxygens (including phenoxy) is 2. The molecular formula is C18H21NO3. The van der Waals surface area contributed by atoms with E-state index < -0.39 is 6.10 Å². The van der Waals surface area contributed by atoms with Crippen LogP contribution in [0, 0.1) is 0 Å². The smallest absolute Gasteiger partial charge is 0.349 e. The van der Waals surface area contributed by atoms with Crippen molar-refractivity contribution in [3.05, 3.63) is 48.1 Å². The summed E-state index contributed by atoms with van der Waals surface area (Å²) in [5.74, 6) is 0.447. The third kappa shape index (κ3) is 3.16. The minimum Gasteiger partial charge on any atom is -0.475 e. The van der Waals surface area contributed by atoms with E-state index >= 15 is 0 Å². The van der Waals surface area contributed by atoms with Gasteiger partial charge in [0.2, 0.25) is 6.10 Å². The summed E-state index contributed by atoms with van der Waals surface area (Å²) >= 11 is 0. The Hall–Kier alpha value is -2.23. The predicted octanol–water partition coefficient (Wildman–Crippen LogP) is 3.09. The second kappa shape index (κ2) is 6.69. The molecule has 0 bridgehead atoms. The summed E-state index contributed by atoms with van der Waals surface area (Å²) in [5, 5.41) is 0. The van der Waals surface area contributed by atoms with Gasteiger partial charge in [0.1, 0.15) is 5.75 Å². The van der Waals surface area contributed by atoms with Crippen LogP contribution in [0.3, 0.4) is 0 Å². The third-order valence-electron chi connectivity index (χ3n) is 3.86. The van der Waals surface area contributed by atoms with E-state index in [2.05, 4.69) is 23.1 Å². The number of esters is 1. The molecule has 0 aromatic heterocycles. The van der Waals surface area contributed by atoms with E-state index in [-0.39, 0.29) is 5.97 Å². The van der Waals surface area contributed by atoms with Crippen LogP contribution in [0.15, 0.2) is 48.1 Å². The summed E-state index contributed by atoms with van der Waals surface area (Å²) in [6.45, 7) is 3.48. The van der Waals surface area contributed by atoms with Gasteiger partial charge in [-0.05, 0) is 37.5 Å². The molecule has 3 rings (SSSR count). The maximum absolute atomic E-state index is 12.0. The van der Waals surface area contributed by atoms with Crippen molar-refractivity contribution >= 4 is 11.7 Å². The Morgan fingerprint density at radius 3 is 3.00 bits per heavy atom. The van der Waals surface area contributed by atoms with E-state index in [9.17, 15) is 4.79 Å². The Labute approximate surface area is 131 Å². The van der Waals surface area contributed by atoms with Gasteiger partial charge < -0.3 is 14.4 Å². The van der Waals surface area contributed by atoms with Crippen LogP contribution in [0.2, 0.25) is 0 Å². The number of fused-ring (bicyclic) bond motifs is 1. The van der Waals surface area contributed by atoms with E-state index in [0.717, 1.165) is 30.8 Å². The van der Waals surface area contributed by atoms with Crippen LogP contribution < -0.4 is 9.64 Å². The van der Waals surface area contributed by atoms with Crippen molar-refractivity contribution in [3.8, 4) is 5.75 Å². The topological polar surface area (TPSA) is 38.8 Å². The zero-order chi connectivity index (χ0) is 15.4. The van der Waals surface area contributed by atoms with E-state index in [1.165, 1.54) is 5.57 Å². The molecule has 22 heavy (non-hydrogen) atoms. The van der Waals surface area contributed by atoms with E-state index in [4.69, 9.17) is 9.47 Å². The van der Waals surface area contributed by atoms with Crippen LogP contribution in [-0.2, 0) is 9.53 Å². The maximum Gasteiger partial charge on any atom is 0.349 e. The molecule has 0 radical (unpaired) electrons. The van der Waals surface area contributed by atoms with Crippen molar-refractivity contribution in [1.82, 2.24) is 0 Å². The highest BCUT2D eigenvalue weighted by atomic mass is 16.6. The molecule has 0 saturated heterocycles. The Balaban J connectivity index is 1.82. The molecule has 116 valence electrons. The summed E-state index contributed by atoms with van der Waals surface area (Å²) in [5.41, 5.74) is 2.31. The van der Waals surface area contributed by atoms with Crippen LogP contribution >= 0.6 is 0 Å². The second-order valence-electron chi connectivity index (χ2n) is 5.47. The molecule has 1 atom stereocenters. The number of hydrogen-bond donors (Lipinski definition) is 0. The first-order valence-corrected chi connectivity index (χ1v) is 7.80. The number of nitrogens with zero attached hydrogens (tertiary/aromatic N) is 1. The fourth-order valence-corrected chi connectivity index (χ4v) is 2.82. The van der Waals surface area contributed by atoms with Gasteiger partial charge in [0.05, 0.1) is 18.8 Å². The molecule has 0 saturated carbocycles. The molecule has 0 fully saturated rings. The van der Waals surface area contributed by atoms with Crippen molar-refractivity contribution in [1.29, 1.82) is 0 Å². The summed E-state index contributed by atoms with van der Waals surface area (Å²) in [4.78, 5) is 14.2. The second-order valence-corrected chi connectivity index (χ2v) is 5.47. The molecule has 1 aromatic carbocycles. The largest absolute Gasteiger partial charge is 0.475 e. The molecule has 1 aromatic rings. The van der Waals surface area contributed by atoms with Gasteiger partial charge in [0.25, 0.3) is 0 Å². The molecule has 0 amide bonds. The maximum atomic E-state index is 12.0. The Bertz CT molecular complexity index is 606. The fraction of sp³-hybridized carbons (Fsp3) is 0.389. The predicted molar refractivity (Wildman–Crippen MR) is 86.2 cm³/mol. The monoisotopic (exact) mass is 299 g/mol. The standard InChI is InChI=1S/C18H21NO3/c1-2-21-18(20)17-13-19(12-14-8-4-3-5-9-14)15-10-6-7-11-16(15)22-17/h4,6-11,17H,2-3,5,12-13H2,1H3. The zero-order valence-electron chi connectivity index (χ0n) is 12.8. The molecule has 4 nitrogen and oxygen atoms in total. The van der Waals surface area contributed by atoms with Crippen molar-refractivity contribution in [2.24, 2.45) is 0 Å². The lowest BCUT2D eigenvalue weighted by Crippen LogP contribution is -2.45. The lowest BCUT2D eigenvalue weighted by atomic mass is 10.1. The van der Waals surface area contributed by atoms with Gasteiger partial charge in [-0.2, -0.15) is 0 Å². The first-order valence-electron chi connectivity index (χ1n) is 7.80. The molecule has 1 aliphatic heterocycles. The van der Waals surface area contributed by atoms with Gasteiger partial charge in [0.15, 0.2) is 0 Å². The zero-order valence-corrected chi connectivity index (χ0v) is 12.8. The van der Waals surface area contributed by atoms with E-state index in [1.807, 2.05) is 31.2 Å². The number of rotatable bonds is 4. The number of hydrogen-bond acceptors (Lipinski definition) is 4. The minimum absolute atomic E-state index is 0.296. The highest BCUT2D eigenvalue weighted by Gasteiger charge is 2.31. The molecule has 1 unspecified atom stereocenters. The number of anilines is 1. The number of carbonyl (C=O) groups is 1. The van der Waals surface area contributed by atoms with Crippen molar-refractivity contribution < 1.29 is 14.3 Å². The summed E-state index contributed by atoms with van der Waals surface area (Å²) in [6, 6.07) is 7.85. The average Bonchev–Trinajstić information content (AvgIpc) is 2.56. The highest BCUT2D eigenvalue weighted by Crippen LogP contribution is 2.34. The van der Waals surface area contributed by atoms with Gasteiger partial charge in [-0.25, -0.2) is 4.79 Å². The van der Waals surface area contributed by atoms with Gasteiger partial charge in [-0.3, -0.25) is 0 Å². The van der Waals surface area contributed by atoms with Crippen LogP contribution in [0.1, 0.15) is 19.8 Å². The SMILES string of the molecule is CCOC(=O)C1CN(CC2=CCCC=C2)c2ccccc2O1. The lowest BCUT2D eigenvalue weighted by molar-refractivity contribution is -0.151. The first kappa shape index (κ1) is 14.7. The van der Waals surface area contributed by atoms with Gasteiger partial charge in [0, 0.05) is 6.54 Å². The van der Waals surface area contributed by atoms with E-state index in [1.54, 1.807) is 0 Å². The Morgan fingerprint density at radius 2 is 2.23 bits per heavy atom.